The largest absolute Gasteiger partial charge is 0.538 e. The van der Waals surface area contributed by atoms with Gasteiger partial charge < -0.3 is 14.9 Å². The number of carbonyl (C=O) groups is 1. The summed E-state index contributed by atoms with van der Waals surface area (Å²) in [5, 5.41) is 16.5. The van der Waals surface area contributed by atoms with Crippen LogP contribution in [0.25, 0.3) is 0 Å². The Hall–Kier alpha value is -2.30. The average Bonchev–Trinajstić information content (AvgIpc) is 2.81. The van der Waals surface area contributed by atoms with Gasteiger partial charge in [0, 0.05) is 18.2 Å². The maximum atomic E-state index is 13.4. The van der Waals surface area contributed by atoms with E-state index in [2.05, 4.69) is 9.79 Å². The predicted molar refractivity (Wildman–Crippen MR) is 67.4 cm³/mol. The lowest BCUT2D eigenvalue weighted by molar-refractivity contribution is -0.772. The maximum Gasteiger partial charge on any atom is 0.290 e. The molecule has 1 heterocycles. The molecule has 0 atom stereocenters. The number of rotatable bonds is 5. The van der Waals surface area contributed by atoms with Crippen LogP contribution in [-0.2, 0) is 11.8 Å². The van der Waals surface area contributed by atoms with Gasteiger partial charge in [0.15, 0.2) is 36.3 Å². The number of amides is 1. The number of aryl methyl sites for hydroxylation is 1. The van der Waals surface area contributed by atoms with Crippen molar-refractivity contribution in [3.63, 3.8) is 0 Å². The van der Waals surface area contributed by atoms with E-state index >= 15 is 0 Å². The molecular formula is C12H9F4N3O3S. The van der Waals surface area contributed by atoms with Gasteiger partial charge in [-0.2, -0.15) is 0 Å². The first-order chi connectivity index (χ1) is 10.8. The minimum absolute atomic E-state index is 0.0395. The van der Waals surface area contributed by atoms with Gasteiger partial charge in [0.25, 0.3) is 5.03 Å². The molecule has 0 saturated carbocycles. The van der Waals surface area contributed by atoms with Gasteiger partial charge in [0.05, 0.1) is 5.27 Å². The molecule has 2 aromatic rings. The normalized spacial score (nSPS) is 10.8. The van der Waals surface area contributed by atoms with Crippen LogP contribution in [-0.4, -0.2) is 16.9 Å². The van der Waals surface area contributed by atoms with E-state index in [1.54, 1.807) is 5.32 Å². The fourth-order valence-corrected chi connectivity index (χ4v) is 2.44. The van der Waals surface area contributed by atoms with E-state index in [4.69, 9.17) is 0 Å². The Balaban J connectivity index is 1.98. The zero-order valence-electron chi connectivity index (χ0n) is 11.5. The standard InChI is InChI=1S/C12H9F4N3O3S/c1-19-11(12(21)22-18-19)23-3-2-7(20)17-10-8(15)5(13)4-6(14)9(10)16/h4H,2-3H2,1H3,(H-,17,18,20,21). The second-order valence-corrected chi connectivity index (χ2v) is 5.36. The van der Waals surface area contributed by atoms with Crippen LogP contribution in [0.2, 0.25) is 0 Å². The number of aromatic nitrogens is 2. The molecule has 1 aromatic heterocycles. The first-order valence-electron chi connectivity index (χ1n) is 6.10. The lowest BCUT2D eigenvalue weighted by Crippen LogP contribution is -2.32. The molecule has 0 aliphatic carbocycles. The zero-order valence-corrected chi connectivity index (χ0v) is 12.3. The monoisotopic (exact) mass is 351 g/mol. The fraction of sp³-hybridized carbons (Fsp3) is 0.250. The van der Waals surface area contributed by atoms with E-state index < -0.39 is 40.8 Å². The van der Waals surface area contributed by atoms with Gasteiger partial charge in [0.1, 0.15) is 5.69 Å². The highest BCUT2D eigenvalue weighted by Crippen LogP contribution is 2.25. The number of benzene rings is 1. The van der Waals surface area contributed by atoms with Crippen LogP contribution < -0.4 is 15.1 Å². The third-order valence-electron chi connectivity index (χ3n) is 2.66. The van der Waals surface area contributed by atoms with Crippen LogP contribution in [0.4, 0.5) is 23.2 Å². The van der Waals surface area contributed by atoms with Crippen molar-refractivity contribution in [2.45, 2.75) is 11.4 Å². The van der Waals surface area contributed by atoms with Crippen LogP contribution >= 0.6 is 11.8 Å². The van der Waals surface area contributed by atoms with Crippen molar-refractivity contribution in [1.82, 2.24) is 5.27 Å². The van der Waals surface area contributed by atoms with E-state index in [9.17, 15) is 27.5 Å². The van der Waals surface area contributed by atoms with E-state index in [0.29, 0.717) is 0 Å². The first kappa shape index (κ1) is 17.1. The summed E-state index contributed by atoms with van der Waals surface area (Å²) in [6, 6.07) is 0.0395. The maximum absolute atomic E-state index is 13.4. The number of anilines is 1. The van der Waals surface area contributed by atoms with E-state index in [1.165, 1.54) is 7.05 Å². The Morgan fingerprint density at radius 3 is 2.48 bits per heavy atom. The summed E-state index contributed by atoms with van der Waals surface area (Å²) in [6.45, 7) is 0. The topological polar surface area (TPSA) is 82.1 Å². The molecule has 11 heteroatoms. The van der Waals surface area contributed by atoms with Gasteiger partial charge in [-0.25, -0.2) is 17.6 Å². The van der Waals surface area contributed by atoms with Crippen molar-refractivity contribution < 1.29 is 36.7 Å². The lowest BCUT2D eigenvalue weighted by Gasteiger charge is -2.08. The molecule has 0 aliphatic rings. The van der Waals surface area contributed by atoms with Gasteiger partial charge >= 0.3 is 0 Å². The number of thioether (sulfide) groups is 1. The Labute approximate surface area is 131 Å². The fourth-order valence-electron chi connectivity index (χ4n) is 1.58. The second-order valence-electron chi connectivity index (χ2n) is 4.28. The molecule has 1 N–H and O–H groups in total. The zero-order chi connectivity index (χ0) is 17.1. The van der Waals surface area contributed by atoms with Gasteiger partial charge in [-0.1, -0.05) is 16.4 Å². The van der Waals surface area contributed by atoms with Crippen molar-refractivity contribution in [2.75, 3.05) is 11.1 Å². The molecule has 1 aromatic carbocycles. The van der Waals surface area contributed by atoms with Gasteiger partial charge in [-0.15, -0.1) is 0 Å². The number of halogens is 4. The Bertz CT molecular complexity index is 708. The summed E-state index contributed by atoms with van der Waals surface area (Å²) >= 11 is 0.932. The molecule has 0 radical (unpaired) electrons. The van der Waals surface area contributed by atoms with Crippen molar-refractivity contribution in [3.05, 3.63) is 29.3 Å². The molecule has 0 fully saturated rings. The second kappa shape index (κ2) is 6.86. The summed E-state index contributed by atoms with van der Waals surface area (Å²) in [7, 11) is 1.45. The molecule has 6 nitrogen and oxygen atoms in total. The van der Waals surface area contributed by atoms with Gasteiger partial charge in [-0.3, -0.25) is 4.79 Å². The number of nitrogens with one attached hydrogen (secondary N) is 1. The highest BCUT2D eigenvalue weighted by atomic mass is 32.2. The SMILES string of the molecule is C[n+]1noc([O-])c1SCCC(=O)Nc1c(F)c(F)cc(F)c1F. The van der Waals surface area contributed by atoms with E-state index in [-0.39, 0.29) is 23.3 Å². The first-order valence-corrected chi connectivity index (χ1v) is 7.08. The molecule has 0 aliphatic heterocycles. The number of hydrogen-bond donors (Lipinski definition) is 1. The minimum atomic E-state index is -1.70. The molecule has 2 rings (SSSR count). The van der Waals surface area contributed by atoms with E-state index in [0.717, 1.165) is 16.4 Å². The Morgan fingerprint density at radius 2 is 1.96 bits per heavy atom. The molecule has 0 bridgehead atoms. The van der Waals surface area contributed by atoms with E-state index in [1.807, 2.05) is 0 Å². The van der Waals surface area contributed by atoms with Crippen LogP contribution in [0, 0.1) is 23.3 Å². The molecule has 124 valence electrons. The van der Waals surface area contributed by atoms with Crippen molar-refractivity contribution >= 4 is 23.4 Å². The molecular weight excluding hydrogens is 342 g/mol. The molecule has 0 saturated heterocycles. The van der Waals surface area contributed by atoms with Crippen LogP contribution in [0.1, 0.15) is 6.42 Å². The Morgan fingerprint density at radius 1 is 1.35 bits per heavy atom. The van der Waals surface area contributed by atoms with Crippen molar-refractivity contribution in [2.24, 2.45) is 7.05 Å². The average molecular weight is 351 g/mol. The van der Waals surface area contributed by atoms with Crippen LogP contribution in [0.5, 0.6) is 5.95 Å². The number of hydrogen-bond acceptors (Lipinski definition) is 5. The van der Waals surface area contributed by atoms with Gasteiger partial charge in [-0.05, 0) is 0 Å². The predicted octanol–water partition coefficient (Wildman–Crippen LogP) is 1.25. The number of nitrogens with zero attached hydrogens (tertiary/aromatic N) is 2. The third-order valence-corrected chi connectivity index (χ3v) is 3.77. The smallest absolute Gasteiger partial charge is 0.290 e. The summed E-state index contributed by atoms with van der Waals surface area (Å²) in [6.07, 6.45) is -0.272. The highest BCUT2D eigenvalue weighted by molar-refractivity contribution is 7.99. The van der Waals surface area contributed by atoms with Gasteiger partial charge in [0.2, 0.25) is 5.91 Å². The molecule has 23 heavy (non-hydrogen) atoms. The Kier molecular flexibility index (Phi) is 5.08. The van der Waals surface area contributed by atoms with Crippen LogP contribution in [0.15, 0.2) is 15.6 Å². The van der Waals surface area contributed by atoms with Crippen LogP contribution in [0.3, 0.4) is 0 Å². The molecule has 0 unspecified atom stereocenters. The summed E-state index contributed by atoms with van der Waals surface area (Å²) in [4.78, 5) is 11.6. The summed E-state index contributed by atoms with van der Waals surface area (Å²) < 4.78 is 58.3. The minimum Gasteiger partial charge on any atom is -0.538 e. The lowest BCUT2D eigenvalue weighted by atomic mass is 10.2. The summed E-state index contributed by atoms with van der Waals surface area (Å²) in [5.74, 6) is -8.16. The summed E-state index contributed by atoms with van der Waals surface area (Å²) in [5.41, 5.74) is -1.20. The number of carbonyl (C=O) groups excluding carboxylic acids is 1. The molecule has 0 spiro atoms. The quantitative estimate of drug-likeness (QED) is 0.379. The van der Waals surface area contributed by atoms with Crippen molar-refractivity contribution in [3.8, 4) is 5.95 Å². The third kappa shape index (κ3) is 3.73. The highest BCUT2D eigenvalue weighted by Gasteiger charge is 2.21. The molecule has 1 amide bonds. The van der Waals surface area contributed by atoms with Crippen molar-refractivity contribution in [1.29, 1.82) is 0 Å².